The lowest BCUT2D eigenvalue weighted by atomic mass is 9.87. The molecule has 5 nitrogen and oxygen atoms in total. The van der Waals surface area contributed by atoms with E-state index in [0.29, 0.717) is 12.2 Å². The number of carboxylic acid groups (broad SMARTS) is 1. The van der Waals surface area contributed by atoms with E-state index in [9.17, 15) is 9.59 Å². The molecule has 1 saturated carbocycles. The highest BCUT2D eigenvalue weighted by atomic mass is 32.2. The van der Waals surface area contributed by atoms with Crippen molar-refractivity contribution in [2.45, 2.75) is 51.6 Å². The molecule has 0 aliphatic heterocycles. The van der Waals surface area contributed by atoms with E-state index < -0.39 is 12.0 Å². The SMILES string of the molecule is CSCC[C@@H](NC(=O)NC1CCCC1(C)C)C(=O)O. The Morgan fingerprint density at radius 3 is 2.63 bits per heavy atom. The molecule has 6 heteroatoms. The molecule has 1 unspecified atom stereocenters. The highest BCUT2D eigenvalue weighted by Crippen LogP contribution is 2.37. The van der Waals surface area contributed by atoms with E-state index in [2.05, 4.69) is 24.5 Å². The van der Waals surface area contributed by atoms with Crippen molar-refractivity contribution in [1.29, 1.82) is 0 Å². The molecule has 1 aliphatic rings. The number of urea groups is 1. The van der Waals surface area contributed by atoms with Crippen molar-refractivity contribution in [2.24, 2.45) is 5.41 Å². The highest BCUT2D eigenvalue weighted by Gasteiger charge is 2.35. The Morgan fingerprint density at radius 1 is 1.47 bits per heavy atom. The molecule has 19 heavy (non-hydrogen) atoms. The van der Waals surface area contributed by atoms with Gasteiger partial charge in [-0.05, 0) is 36.7 Å². The Kier molecular flexibility index (Phi) is 5.97. The second-order valence-corrected chi connectivity index (χ2v) is 6.71. The van der Waals surface area contributed by atoms with E-state index in [4.69, 9.17) is 5.11 Å². The van der Waals surface area contributed by atoms with Gasteiger partial charge in [-0.2, -0.15) is 11.8 Å². The first-order valence-corrected chi connectivity index (χ1v) is 8.05. The van der Waals surface area contributed by atoms with Crippen LogP contribution in [0.25, 0.3) is 0 Å². The van der Waals surface area contributed by atoms with Gasteiger partial charge in [-0.15, -0.1) is 0 Å². The van der Waals surface area contributed by atoms with Gasteiger partial charge in [-0.1, -0.05) is 20.3 Å². The van der Waals surface area contributed by atoms with Gasteiger partial charge in [0.25, 0.3) is 0 Å². The monoisotopic (exact) mass is 288 g/mol. The third-order valence-corrected chi connectivity index (χ3v) is 4.42. The first-order chi connectivity index (χ1) is 8.86. The number of carbonyl (C=O) groups is 2. The molecule has 2 atom stereocenters. The second-order valence-electron chi connectivity index (χ2n) is 5.72. The lowest BCUT2D eigenvalue weighted by molar-refractivity contribution is -0.139. The highest BCUT2D eigenvalue weighted by molar-refractivity contribution is 7.98. The summed E-state index contributed by atoms with van der Waals surface area (Å²) in [5.74, 6) is -0.263. The maximum absolute atomic E-state index is 11.9. The number of rotatable bonds is 6. The first kappa shape index (κ1) is 16.1. The summed E-state index contributed by atoms with van der Waals surface area (Å²) in [6.07, 6.45) is 5.51. The van der Waals surface area contributed by atoms with Gasteiger partial charge in [0.1, 0.15) is 6.04 Å². The molecule has 0 saturated heterocycles. The Balaban J connectivity index is 2.46. The molecule has 0 aromatic rings. The molecule has 0 bridgehead atoms. The van der Waals surface area contributed by atoms with E-state index in [1.165, 1.54) is 0 Å². The zero-order valence-electron chi connectivity index (χ0n) is 11.9. The third kappa shape index (κ3) is 4.93. The maximum Gasteiger partial charge on any atom is 0.326 e. The van der Waals surface area contributed by atoms with Crippen LogP contribution < -0.4 is 10.6 Å². The largest absolute Gasteiger partial charge is 0.480 e. The van der Waals surface area contributed by atoms with Gasteiger partial charge in [0, 0.05) is 6.04 Å². The van der Waals surface area contributed by atoms with Gasteiger partial charge in [0.2, 0.25) is 0 Å². The van der Waals surface area contributed by atoms with Gasteiger partial charge in [0.15, 0.2) is 0 Å². The molecular weight excluding hydrogens is 264 g/mol. The van der Waals surface area contributed by atoms with Gasteiger partial charge in [0.05, 0.1) is 0 Å². The van der Waals surface area contributed by atoms with E-state index in [1.807, 2.05) is 6.26 Å². The summed E-state index contributed by atoms with van der Waals surface area (Å²) in [7, 11) is 0. The number of hydrogen-bond acceptors (Lipinski definition) is 3. The fourth-order valence-electron chi connectivity index (χ4n) is 2.45. The summed E-state index contributed by atoms with van der Waals surface area (Å²) in [6.45, 7) is 4.26. The van der Waals surface area contributed by atoms with Crippen molar-refractivity contribution in [2.75, 3.05) is 12.0 Å². The molecule has 0 aromatic heterocycles. The average molecular weight is 288 g/mol. The lowest BCUT2D eigenvalue weighted by Crippen LogP contribution is -2.51. The minimum Gasteiger partial charge on any atom is -0.480 e. The predicted molar refractivity (Wildman–Crippen MR) is 77.5 cm³/mol. The smallest absolute Gasteiger partial charge is 0.326 e. The van der Waals surface area contributed by atoms with Crippen molar-refractivity contribution in [3.63, 3.8) is 0 Å². The molecule has 0 radical (unpaired) electrons. The van der Waals surface area contributed by atoms with Crippen LogP contribution in [0.2, 0.25) is 0 Å². The van der Waals surface area contributed by atoms with Crippen LogP contribution in [0.1, 0.15) is 39.5 Å². The molecule has 110 valence electrons. The van der Waals surface area contributed by atoms with Gasteiger partial charge >= 0.3 is 12.0 Å². The van der Waals surface area contributed by atoms with E-state index >= 15 is 0 Å². The number of hydrogen-bond donors (Lipinski definition) is 3. The van der Waals surface area contributed by atoms with Crippen molar-refractivity contribution in [3.8, 4) is 0 Å². The molecule has 1 aliphatic carbocycles. The topological polar surface area (TPSA) is 78.4 Å². The van der Waals surface area contributed by atoms with Gasteiger partial charge < -0.3 is 15.7 Å². The molecular formula is C13H24N2O3S. The first-order valence-electron chi connectivity index (χ1n) is 6.65. The van der Waals surface area contributed by atoms with E-state index in [0.717, 1.165) is 19.3 Å². The Bertz CT molecular complexity index is 334. The number of thioether (sulfide) groups is 1. The van der Waals surface area contributed by atoms with Crippen LogP contribution in [0, 0.1) is 5.41 Å². The summed E-state index contributed by atoms with van der Waals surface area (Å²) in [6, 6.07) is -1.05. The Morgan fingerprint density at radius 2 is 2.16 bits per heavy atom. The van der Waals surface area contributed by atoms with Crippen LogP contribution in [-0.2, 0) is 4.79 Å². The minimum atomic E-state index is -0.977. The van der Waals surface area contributed by atoms with Crippen molar-refractivity contribution >= 4 is 23.8 Å². The summed E-state index contributed by atoms with van der Waals surface area (Å²) in [4.78, 5) is 22.9. The lowest BCUT2D eigenvalue weighted by Gasteiger charge is -2.28. The molecule has 1 rings (SSSR count). The van der Waals surface area contributed by atoms with Crippen LogP contribution in [-0.4, -0.2) is 41.2 Å². The van der Waals surface area contributed by atoms with E-state index in [-0.39, 0.29) is 17.5 Å². The van der Waals surface area contributed by atoms with Crippen LogP contribution in [0.4, 0.5) is 4.79 Å². The number of nitrogens with one attached hydrogen (secondary N) is 2. The van der Waals surface area contributed by atoms with Crippen molar-refractivity contribution in [3.05, 3.63) is 0 Å². The molecule has 3 N–H and O–H groups in total. The number of carboxylic acids is 1. The second kappa shape index (κ2) is 7.03. The summed E-state index contributed by atoms with van der Waals surface area (Å²) in [5, 5.41) is 14.5. The van der Waals surface area contributed by atoms with E-state index in [1.54, 1.807) is 11.8 Å². The summed E-state index contributed by atoms with van der Waals surface area (Å²) >= 11 is 1.57. The van der Waals surface area contributed by atoms with Crippen LogP contribution in [0.3, 0.4) is 0 Å². The normalized spacial score (nSPS) is 22.8. The van der Waals surface area contributed by atoms with Crippen molar-refractivity contribution in [1.82, 2.24) is 10.6 Å². The fourth-order valence-corrected chi connectivity index (χ4v) is 2.92. The van der Waals surface area contributed by atoms with Crippen LogP contribution in [0.15, 0.2) is 0 Å². The maximum atomic E-state index is 11.9. The number of amides is 2. The average Bonchev–Trinajstić information content (AvgIpc) is 2.63. The fraction of sp³-hybridized carbons (Fsp3) is 0.846. The zero-order valence-corrected chi connectivity index (χ0v) is 12.7. The number of carbonyl (C=O) groups excluding carboxylic acids is 1. The van der Waals surface area contributed by atoms with Crippen molar-refractivity contribution < 1.29 is 14.7 Å². The van der Waals surface area contributed by atoms with Gasteiger partial charge in [-0.3, -0.25) is 0 Å². The minimum absolute atomic E-state index is 0.0926. The Hall–Kier alpha value is -0.910. The standard InChI is InChI=1S/C13H24N2O3S/c1-13(2)7-4-5-10(13)15-12(18)14-9(11(16)17)6-8-19-3/h9-10H,4-8H2,1-3H3,(H,16,17)(H2,14,15,18)/t9-,10?/m1/s1. The number of aliphatic carboxylic acids is 1. The van der Waals surface area contributed by atoms with Crippen LogP contribution >= 0.6 is 11.8 Å². The molecule has 0 spiro atoms. The summed E-state index contributed by atoms with van der Waals surface area (Å²) in [5.41, 5.74) is 0.0926. The zero-order chi connectivity index (χ0) is 14.5. The quantitative estimate of drug-likeness (QED) is 0.699. The Labute approximate surface area is 118 Å². The molecule has 0 aromatic carbocycles. The molecule has 1 fully saturated rings. The summed E-state index contributed by atoms with van der Waals surface area (Å²) < 4.78 is 0. The van der Waals surface area contributed by atoms with Gasteiger partial charge in [-0.25, -0.2) is 9.59 Å². The third-order valence-electron chi connectivity index (χ3n) is 3.78. The van der Waals surface area contributed by atoms with Crippen LogP contribution in [0.5, 0.6) is 0 Å². The molecule has 2 amide bonds. The predicted octanol–water partition coefficient (Wildman–Crippen LogP) is 2.07. The molecule has 0 heterocycles.